The molecule has 2 fully saturated rings. The Kier molecular flexibility index (Phi) is 9.03. The van der Waals surface area contributed by atoms with E-state index in [-0.39, 0.29) is 36.6 Å². The van der Waals surface area contributed by atoms with Crippen LogP contribution in [0, 0.1) is 0 Å². The van der Waals surface area contributed by atoms with Gasteiger partial charge in [-0.05, 0) is 46.5 Å². The van der Waals surface area contributed by atoms with Crippen LogP contribution in [0.3, 0.4) is 0 Å². The van der Waals surface area contributed by atoms with Crippen molar-refractivity contribution >= 4 is 34.4 Å². The zero-order valence-corrected chi connectivity index (χ0v) is 28.1. The number of aliphatic hydroxyl groups excluding tert-OH is 1. The first-order valence-electron chi connectivity index (χ1n) is 16.0. The SMILES string of the molecule is O=C1[C@H](Cc2ccc(O)cc2)N2C(=O)CN(CI)N3[C@H]2CN1CC(c1ccccc1)C1=CC(O)C3(NCc2ccccc2)/C=C/C=C1. The fraction of sp³-hybridized carbons (Fsp3) is 0.297. The molecule has 3 aliphatic heterocycles. The van der Waals surface area contributed by atoms with E-state index >= 15 is 0 Å². The molecule has 0 radical (unpaired) electrons. The van der Waals surface area contributed by atoms with Crippen molar-refractivity contribution in [2.75, 3.05) is 24.2 Å². The second-order valence-electron chi connectivity index (χ2n) is 12.5. The van der Waals surface area contributed by atoms with Crippen LogP contribution in [-0.2, 0) is 22.6 Å². The van der Waals surface area contributed by atoms with Crippen LogP contribution in [0.15, 0.2) is 121 Å². The molecule has 2 saturated heterocycles. The lowest BCUT2D eigenvalue weighted by Gasteiger charge is -2.61. The second kappa shape index (κ2) is 13.4. The zero-order valence-electron chi connectivity index (χ0n) is 25.9. The van der Waals surface area contributed by atoms with Gasteiger partial charge in [-0.1, -0.05) is 114 Å². The maximum Gasteiger partial charge on any atom is 0.245 e. The van der Waals surface area contributed by atoms with E-state index in [9.17, 15) is 19.8 Å². The number of amides is 2. The molecule has 7 rings (SSSR count). The lowest BCUT2D eigenvalue weighted by Crippen LogP contribution is -2.82. The Morgan fingerprint density at radius 2 is 1.62 bits per heavy atom. The predicted molar refractivity (Wildman–Crippen MR) is 188 cm³/mol. The van der Waals surface area contributed by atoms with Crippen LogP contribution >= 0.6 is 22.6 Å². The molecule has 0 aromatic heterocycles. The van der Waals surface area contributed by atoms with Gasteiger partial charge in [0.1, 0.15) is 29.7 Å². The third-order valence-electron chi connectivity index (χ3n) is 9.69. The number of rotatable bonds is 7. The minimum Gasteiger partial charge on any atom is -0.508 e. The van der Waals surface area contributed by atoms with Gasteiger partial charge in [0.05, 0.1) is 17.6 Å². The Morgan fingerprint density at radius 3 is 2.34 bits per heavy atom. The first-order chi connectivity index (χ1) is 22.9. The van der Waals surface area contributed by atoms with Crippen LogP contribution < -0.4 is 5.32 Å². The number of hydrogen-bond donors (Lipinski definition) is 3. The van der Waals surface area contributed by atoms with E-state index in [0.717, 1.165) is 22.3 Å². The van der Waals surface area contributed by atoms with Gasteiger partial charge in [0.2, 0.25) is 11.8 Å². The number of nitrogens with one attached hydrogen (secondary N) is 1. The molecule has 5 atom stereocenters. The number of aliphatic hydroxyl groups is 1. The number of benzene rings is 3. The Balaban J connectivity index is 1.42. The van der Waals surface area contributed by atoms with Gasteiger partial charge in [0.25, 0.3) is 0 Å². The molecule has 0 saturated carbocycles. The van der Waals surface area contributed by atoms with Crippen LogP contribution in [0.5, 0.6) is 5.75 Å². The number of piperazine rings is 1. The molecule has 2 amide bonds. The van der Waals surface area contributed by atoms with Crippen molar-refractivity contribution in [3.63, 3.8) is 0 Å². The molecule has 47 heavy (non-hydrogen) atoms. The highest BCUT2D eigenvalue weighted by Crippen LogP contribution is 2.40. The lowest BCUT2D eigenvalue weighted by molar-refractivity contribution is -0.235. The first-order valence-corrected chi connectivity index (χ1v) is 17.5. The van der Waals surface area contributed by atoms with Crippen molar-refractivity contribution in [1.29, 1.82) is 0 Å². The smallest absolute Gasteiger partial charge is 0.245 e. The van der Waals surface area contributed by atoms with Gasteiger partial charge < -0.3 is 20.0 Å². The van der Waals surface area contributed by atoms with E-state index in [1.54, 1.807) is 29.2 Å². The monoisotopic (exact) mass is 743 g/mol. The van der Waals surface area contributed by atoms with E-state index in [0.29, 0.717) is 24.1 Å². The normalized spacial score (nSPS) is 28.5. The summed E-state index contributed by atoms with van der Waals surface area (Å²) in [5, 5.41) is 30.3. The van der Waals surface area contributed by atoms with E-state index in [1.165, 1.54) is 0 Å². The third kappa shape index (κ3) is 6.04. The summed E-state index contributed by atoms with van der Waals surface area (Å²) in [6, 6.07) is 26.2. The summed E-state index contributed by atoms with van der Waals surface area (Å²) in [6.07, 6.45) is 8.63. The van der Waals surface area contributed by atoms with Crippen LogP contribution in [0.25, 0.3) is 0 Å². The average Bonchev–Trinajstić information content (AvgIpc) is 3.08. The largest absolute Gasteiger partial charge is 0.508 e. The van der Waals surface area contributed by atoms with E-state index in [2.05, 4.69) is 45.0 Å². The Labute approximate surface area is 288 Å². The van der Waals surface area contributed by atoms with Crippen molar-refractivity contribution in [1.82, 2.24) is 25.1 Å². The van der Waals surface area contributed by atoms with Crippen LogP contribution in [0.2, 0.25) is 0 Å². The van der Waals surface area contributed by atoms with E-state index in [4.69, 9.17) is 0 Å². The number of carbonyl (C=O) groups excluding carboxylic acids is 2. The molecule has 4 bridgehead atoms. The number of nitrogens with zero attached hydrogens (tertiary/aromatic N) is 4. The fourth-order valence-corrected chi connectivity index (χ4v) is 7.98. The molecule has 4 aliphatic rings. The predicted octanol–water partition coefficient (Wildman–Crippen LogP) is 3.92. The molecule has 3 aromatic carbocycles. The summed E-state index contributed by atoms with van der Waals surface area (Å²) in [5.41, 5.74) is 2.69. The Hall–Kier alpha value is -3.81. The van der Waals surface area contributed by atoms with Gasteiger partial charge in [-0.15, -0.1) is 0 Å². The summed E-state index contributed by atoms with van der Waals surface area (Å²) in [7, 11) is 0. The number of allylic oxidation sites excluding steroid dienone is 3. The van der Waals surface area contributed by atoms with Gasteiger partial charge >= 0.3 is 0 Å². The third-order valence-corrected chi connectivity index (χ3v) is 10.5. The minimum atomic E-state index is -1.17. The quantitative estimate of drug-likeness (QED) is 0.192. The van der Waals surface area contributed by atoms with Crippen molar-refractivity contribution in [2.45, 2.75) is 42.9 Å². The van der Waals surface area contributed by atoms with Crippen molar-refractivity contribution in [3.05, 3.63) is 138 Å². The van der Waals surface area contributed by atoms with Gasteiger partial charge in [0, 0.05) is 25.4 Å². The summed E-state index contributed by atoms with van der Waals surface area (Å²) in [5.74, 6) is -0.302. The molecule has 0 spiro atoms. The molecular formula is C37H38IN5O4. The van der Waals surface area contributed by atoms with Gasteiger partial charge in [-0.2, -0.15) is 5.01 Å². The molecule has 9 nitrogen and oxygen atoms in total. The van der Waals surface area contributed by atoms with Gasteiger partial charge in [-0.3, -0.25) is 14.9 Å². The molecule has 3 N–H and O–H groups in total. The molecule has 3 aromatic rings. The molecular weight excluding hydrogens is 705 g/mol. The van der Waals surface area contributed by atoms with Crippen LogP contribution in [-0.4, -0.2) is 90.0 Å². The Bertz CT molecular complexity index is 1700. The highest BCUT2D eigenvalue weighted by Gasteiger charge is 2.57. The van der Waals surface area contributed by atoms with Crippen LogP contribution in [0.1, 0.15) is 22.6 Å². The minimum absolute atomic E-state index is 0.0627. The molecule has 10 heteroatoms. The molecule has 3 heterocycles. The van der Waals surface area contributed by atoms with E-state index in [1.807, 2.05) is 88.8 Å². The number of alkyl halides is 1. The number of hydrazine groups is 1. The van der Waals surface area contributed by atoms with Crippen molar-refractivity contribution in [3.8, 4) is 5.75 Å². The standard InChI is InChI=1S/C37H38IN5O4/c38-25-41-24-35(46)42-32(19-26-14-16-30(44)17-15-26)36(47)40-22-31(28-11-5-2-6-12-28)29-13-7-8-18-37(33(45)20-29,43(41)34(42)23-40)39-21-27-9-3-1-4-10-27/h1-18,20,31-34,39,44-45H,19,21-25H2/b13-7?,18-8+,29-20?/t31?,32-,33?,34-,37?/m0/s1. The summed E-state index contributed by atoms with van der Waals surface area (Å²) in [4.78, 5) is 32.4. The molecule has 242 valence electrons. The van der Waals surface area contributed by atoms with Crippen molar-refractivity contribution in [2.24, 2.45) is 0 Å². The topological polar surface area (TPSA) is 99.6 Å². The maximum absolute atomic E-state index is 14.6. The zero-order chi connectivity index (χ0) is 32.5. The van der Waals surface area contributed by atoms with Gasteiger partial charge in [-0.25, -0.2) is 5.01 Å². The Morgan fingerprint density at radius 1 is 0.894 bits per heavy atom. The summed E-state index contributed by atoms with van der Waals surface area (Å²) >= 11 is 2.27. The lowest BCUT2D eigenvalue weighted by atomic mass is 9.84. The number of fused-ring (bicyclic) bond motifs is 4. The van der Waals surface area contributed by atoms with Crippen molar-refractivity contribution < 1.29 is 19.8 Å². The summed E-state index contributed by atoms with van der Waals surface area (Å²) < 4.78 is 0.499. The van der Waals surface area contributed by atoms with E-state index < -0.39 is 24.0 Å². The van der Waals surface area contributed by atoms with Crippen LogP contribution in [0.4, 0.5) is 0 Å². The highest BCUT2D eigenvalue weighted by molar-refractivity contribution is 14.1. The molecule has 3 unspecified atom stereocenters. The number of aromatic hydroxyl groups is 1. The number of hydrogen-bond acceptors (Lipinski definition) is 7. The first kappa shape index (κ1) is 31.8. The number of phenols is 1. The molecule has 1 aliphatic carbocycles. The average molecular weight is 744 g/mol. The number of phenolic OH excluding ortho intramolecular Hbond substituents is 1. The summed E-state index contributed by atoms with van der Waals surface area (Å²) in [6.45, 7) is 1.19. The highest BCUT2D eigenvalue weighted by atomic mass is 127. The van der Waals surface area contributed by atoms with Gasteiger partial charge in [0.15, 0.2) is 0 Å². The number of carbonyl (C=O) groups is 2. The second-order valence-corrected chi connectivity index (χ2v) is 13.2. The number of halogens is 1. The fourth-order valence-electron chi connectivity index (χ4n) is 7.41. The maximum atomic E-state index is 14.6.